The summed E-state index contributed by atoms with van der Waals surface area (Å²) in [4.78, 5) is 11.8. The fourth-order valence-electron chi connectivity index (χ4n) is 1.54. The number of benzene rings is 1. The summed E-state index contributed by atoms with van der Waals surface area (Å²) in [5.74, 6) is 0. The molecule has 68 valence electrons. The van der Waals surface area contributed by atoms with Crippen LogP contribution in [0.5, 0.6) is 0 Å². The topological polar surface area (TPSA) is 43.4 Å². The summed E-state index contributed by atoms with van der Waals surface area (Å²) in [7, 11) is 0. The van der Waals surface area contributed by atoms with Crippen LogP contribution in [-0.2, 0) is 0 Å². The lowest BCUT2D eigenvalue weighted by Crippen LogP contribution is -1.99. The highest BCUT2D eigenvalue weighted by atomic mass is 16.4. The zero-order valence-electron chi connectivity index (χ0n) is 7.19. The van der Waals surface area contributed by atoms with Crippen LogP contribution in [0.4, 0.5) is 0 Å². The van der Waals surface area contributed by atoms with Crippen LogP contribution in [0.2, 0.25) is 0 Å². The molecule has 1 aromatic carbocycles. The molecule has 0 atom stereocenters. The predicted molar refractivity (Wildman–Crippen MR) is 52.3 cm³/mol. The molecular weight excluding hydrogens is 180 g/mol. The van der Waals surface area contributed by atoms with Gasteiger partial charge in [0.1, 0.15) is 23.5 Å². The zero-order valence-corrected chi connectivity index (χ0v) is 7.19. The number of fused-ring (bicyclic) bond motifs is 2. The van der Waals surface area contributed by atoms with E-state index in [1.807, 2.05) is 12.1 Å². The molecule has 0 saturated heterocycles. The van der Waals surface area contributed by atoms with Crippen molar-refractivity contribution < 1.29 is 8.83 Å². The Morgan fingerprint density at radius 3 is 2.71 bits per heavy atom. The molecule has 0 unspecified atom stereocenters. The maximum Gasteiger partial charge on any atom is 0.203 e. The van der Waals surface area contributed by atoms with Crippen molar-refractivity contribution in [2.75, 3.05) is 0 Å². The molecule has 0 fully saturated rings. The van der Waals surface area contributed by atoms with Gasteiger partial charge in [-0.1, -0.05) is 12.1 Å². The third-order valence-corrected chi connectivity index (χ3v) is 2.22. The van der Waals surface area contributed by atoms with E-state index in [-0.39, 0.29) is 5.43 Å². The fourth-order valence-corrected chi connectivity index (χ4v) is 1.54. The Balaban J connectivity index is 2.70. The average molecular weight is 186 g/mol. The largest absolute Gasteiger partial charge is 0.468 e. The lowest BCUT2D eigenvalue weighted by Gasteiger charge is -1.94. The van der Waals surface area contributed by atoms with E-state index in [2.05, 4.69) is 0 Å². The molecule has 14 heavy (non-hydrogen) atoms. The van der Waals surface area contributed by atoms with Gasteiger partial charge in [-0.05, 0) is 12.1 Å². The van der Waals surface area contributed by atoms with Gasteiger partial charge < -0.3 is 8.83 Å². The zero-order chi connectivity index (χ0) is 9.54. The molecule has 0 N–H and O–H groups in total. The molecule has 3 rings (SSSR count). The highest BCUT2D eigenvalue weighted by Crippen LogP contribution is 2.18. The SMILES string of the molecule is O=c1c2ccccc2oc2cocc12. The Morgan fingerprint density at radius 1 is 0.929 bits per heavy atom. The maximum atomic E-state index is 11.8. The number of hydrogen-bond acceptors (Lipinski definition) is 3. The molecule has 2 heterocycles. The summed E-state index contributed by atoms with van der Waals surface area (Å²) in [5.41, 5.74) is 1.04. The van der Waals surface area contributed by atoms with E-state index in [4.69, 9.17) is 8.83 Å². The molecule has 3 aromatic rings. The van der Waals surface area contributed by atoms with E-state index < -0.39 is 0 Å². The van der Waals surface area contributed by atoms with Gasteiger partial charge in [0, 0.05) is 0 Å². The van der Waals surface area contributed by atoms with Gasteiger partial charge in [-0.15, -0.1) is 0 Å². The first-order valence-corrected chi connectivity index (χ1v) is 4.24. The lowest BCUT2D eigenvalue weighted by molar-refractivity contribution is 0.560. The van der Waals surface area contributed by atoms with Gasteiger partial charge in [0.2, 0.25) is 5.43 Å². The first-order chi connectivity index (χ1) is 6.86. The van der Waals surface area contributed by atoms with Crippen LogP contribution in [0.3, 0.4) is 0 Å². The van der Waals surface area contributed by atoms with Crippen LogP contribution in [0.25, 0.3) is 21.9 Å². The Hall–Kier alpha value is -2.03. The number of para-hydroxylation sites is 1. The molecule has 0 aliphatic heterocycles. The number of rotatable bonds is 0. The second-order valence-electron chi connectivity index (χ2n) is 3.08. The lowest BCUT2D eigenvalue weighted by atomic mass is 10.2. The van der Waals surface area contributed by atoms with E-state index in [1.54, 1.807) is 12.1 Å². The molecule has 0 aliphatic rings. The van der Waals surface area contributed by atoms with Crippen molar-refractivity contribution in [1.82, 2.24) is 0 Å². The van der Waals surface area contributed by atoms with Crippen LogP contribution in [0, 0.1) is 0 Å². The van der Waals surface area contributed by atoms with Crippen LogP contribution in [0.15, 0.2) is 50.4 Å². The van der Waals surface area contributed by atoms with Crippen molar-refractivity contribution in [3.63, 3.8) is 0 Å². The Morgan fingerprint density at radius 2 is 1.79 bits per heavy atom. The van der Waals surface area contributed by atoms with Crippen molar-refractivity contribution >= 4 is 21.9 Å². The minimum Gasteiger partial charge on any atom is -0.468 e. The van der Waals surface area contributed by atoms with Crippen molar-refractivity contribution in [3.8, 4) is 0 Å². The minimum absolute atomic E-state index is 0.0457. The van der Waals surface area contributed by atoms with Crippen molar-refractivity contribution in [2.24, 2.45) is 0 Å². The highest BCUT2D eigenvalue weighted by Gasteiger charge is 2.07. The second-order valence-corrected chi connectivity index (χ2v) is 3.08. The first kappa shape index (κ1) is 7.38. The van der Waals surface area contributed by atoms with E-state index >= 15 is 0 Å². The number of hydrogen-bond donors (Lipinski definition) is 0. The molecule has 0 amide bonds. The third kappa shape index (κ3) is 0.836. The van der Waals surface area contributed by atoms with Gasteiger partial charge in [-0.3, -0.25) is 4.79 Å². The first-order valence-electron chi connectivity index (χ1n) is 4.24. The van der Waals surface area contributed by atoms with E-state index in [0.717, 1.165) is 0 Å². The normalized spacial score (nSPS) is 11.1. The summed E-state index contributed by atoms with van der Waals surface area (Å²) in [6.07, 6.45) is 2.84. The standard InChI is InChI=1S/C11H6O3/c12-11-7-3-1-2-4-9(7)14-10-6-13-5-8(10)11/h1-6H. The van der Waals surface area contributed by atoms with Crippen LogP contribution in [0.1, 0.15) is 0 Å². The molecule has 0 saturated carbocycles. The quantitative estimate of drug-likeness (QED) is 0.541. The summed E-state index contributed by atoms with van der Waals surface area (Å²) >= 11 is 0. The smallest absolute Gasteiger partial charge is 0.203 e. The molecule has 0 aliphatic carbocycles. The van der Waals surface area contributed by atoms with Crippen molar-refractivity contribution in [1.29, 1.82) is 0 Å². The fraction of sp³-hybridized carbons (Fsp3) is 0. The van der Waals surface area contributed by atoms with E-state index in [1.165, 1.54) is 12.5 Å². The molecule has 2 aromatic heterocycles. The minimum atomic E-state index is -0.0457. The summed E-state index contributed by atoms with van der Waals surface area (Å²) < 4.78 is 10.4. The third-order valence-electron chi connectivity index (χ3n) is 2.22. The summed E-state index contributed by atoms with van der Waals surface area (Å²) in [5, 5.41) is 1.07. The van der Waals surface area contributed by atoms with E-state index in [9.17, 15) is 4.79 Å². The summed E-state index contributed by atoms with van der Waals surface area (Å²) in [6, 6.07) is 7.15. The molecule has 0 radical (unpaired) electrons. The van der Waals surface area contributed by atoms with Crippen LogP contribution < -0.4 is 5.43 Å². The van der Waals surface area contributed by atoms with Crippen molar-refractivity contribution in [3.05, 3.63) is 47.0 Å². The van der Waals surface area contributed by atoms with Gasteiger partial charge in [0.05, 0.1) is 5.39 Å². The average Bonchev–Trinajstić information content (AvgIpc) is 2.66. The molecule has 0 spiro atoms. The van der Waals surface area contributed by atoms with Gasteiger partial charge in [0.25, 0.3) is 0 Å². The van der Waals surface area contributed by atoms with Crippen LogP contribution >= 0.6 is 0 Å². The van der Waals surface area contributed by atoms with Gasteiger partial charge in [-0.2, -0.15) is 0 Å². The Labute approximate surface area is 78.6 Å². The molecule has 3 heteroatoms. The van der Waals surface area contributed by atoms with Gasteiger partial charge >= 0.3 is 0 Å². The highest BCUT2D eigenvalue weighted by molar-refractivity contribution is 5.88. The Kier molecular flexibility index (Phi) is 1.31. The monoisotopic (exact) mass is 186 g/mol. The van der Waals surface area contributed by atoms with Gasteiger partial charge in [-0.25, -0.2) is 0 Å². The number of furan rings is 1. The Bertz CT molecular complexity index is 661. The maximum absolute atomic E-state index is 11.8. The summed E-state index contributed by atoms with van der Waals surface area (Å²) in [6.45, 7) is 0. The molecule has 0 bridgehead atoms. The van der Waals surface area contributed by atoms with Crippen molar-refractivity contribution in [2.45, 2.75) is 0 Å². The van der Waals surface area contributed by atoms with Crippen LogP contribution in [-0.4, -0.2) is 0 Å². The molecule has 3 nitrogen and oxygen atoms in total. The predicted octanol–water partition coefficient (Wildman–Crippen LogP) is 2.54. The molecular formula is C11H6O3. The van der Waals surface area contributed by atoms with E-state index in [0.29, 0.717) is 21.9 Å². The van der Waals surface area contributed by atoms with Gasteiger partial charge in [0.15, 0.2) is 5.58 Å². The second kappa shape index (κ2) is 2.48.